The van der Waals surface area contributed by atoms with E-state index in [9.17, 15) is 9.59 Å². The van der Waals surface area contributed by atoms with Gasteiger partial charge in [-0.25, -0.2) is 9.78 Å². The van der Waals surface area contributed by atoms with Crippen LogP contribution in [0, 0.1) is 0 Å². The first-order valence-corrected chi connectivity index (χ1v) is 7.02. The number of benzene rings is 1. The monoisotopic (exact) mass is 313 g/mol. The fourth-order valence-electron chi connectivity index (χ4n) is 1.53. The lowest BCUT2D eigenvalue weighted by Crippen LogP contribution is -2.36. The van der Waals surface area contributed by atoms with Crippen molar-refractivity contribution in [3.05, 3.63) is 28.2 Å². The molecule has 2 aromatic rings. The lowest BCUT2D eigenvalue weighted by atomic mass is 10.3. The second kappa shape index (κ2) is 6.53. The number of nitrogens with zero attached hydrogens (tertiary/aromatic N) is 1. The molecule has 0 bridgehead atoms. The maximum absolute atomic E-state index is 11.4. The molecule has 0 aliphatic rings. The molecule has 3 N–H and O–H groups in total. The van der Waals surface area contributed by atoms with E-state index in [0.29, 0.717) is 5.02 Å². The molecule has 2 amide bonds. The summed E-state index contributed by atoms with van der Waals surface area (Å²) in [6.07, 6.45) is -0.104. The Kier molecular flexibility index (Phi) is 4.75. The van der Waals surface area contributed by atoms with Crippen LogP contribution in [0.4, 0.5) is 4.79 Å². The van der Waals surface area contributed by atoms with E-state index in [1.165, 1.54) is 11.3 Å². The molecule has 1 aromatic carbocycles. The highest BCUT2D eigenvalue weighted by Crippen LogP contribution is 2.24. The summed E-state index contributed by atoms with van der Waals surface area (Å²) in [5.41, 5.74) is 0.797. The van der Waals surface area contributed by atoms with E-state index < -0.39 is 12.0 Å². The smallest absolute Gasteiger partial charge is 0.315 e. The Balaban J connectivity index is 1.86. The summed E-state index contributed by atoms with van der Waals surface area (Å²) in [5, 5.41) is 14.9. The van der Waals surface area contributed by atoms with E-state index >= 15 is 0 Å². The summed E-state index contributed by atoms with van der Waals surface area (Å²) >= 11 is 7.35. The number of hydrogen-bond acceptors (Lipinski definition) is 4. The second-order valence-electron chi connectivity index (χ2n) is 3.97. The third kappa shape index (κ3) is 4.07. The summed E-state index contributed by atoms with van der Waals surface area (Å²) < 4.78 is 0.998. The highest BCUT2D eigenvalue weighted by molar-refractivity contribution is 7.18. The van der Waals surface area contributed by atoms with Gasteiger partial charge in [0.1, 0.15) is 5.01 Å². The number of carboxylic acid groups (broad SMARTS) is 1. The summed E-state index contributed by atoms with van der Waals surface area (Å²) in [6, 6.07) is 5.02. The molecular weight excluding hydrogens is 302 g/mol. The minimum atomic E-state index is -0.951. The Morgan fingerprint density at radius 3 is 2.90 bits per heavy atom. The van der Waals surface area contributed by atoms with Crippen molar-refractivity contribution in [2.24, 2.45) is 0 Å². The maximum Gasteiger partial charge on any atom is 0.315 e. The number of hydrogen-bond donors (Lipinski definition) is 3. The van der Waals surface area contributed by atoms with Gasteiger partial charge in [0.25, 0.3) is 0 Å². The topological polar surface area (TPSA) is 91.3 Å². The van der Waals surface area contributed by atoms with Crippen LogP contribution in [0.1, 0.15) is 11.4 Å². The van der Waals surface area contributed by atoms with Gasteiger partial charge in [0.05, 0.1) is 23.2 Å². The molecule has 0 unspecified atom stereocenters. The van der Waals surface area contributed by atoms with Crippen molar-refractivity contribution in [2.45, 2.75) is 13.0 Å². The van der Waals surface area contributed by atoms with Crippen molar-refractivity contribution in [3.8, 4) is 0 Å². The number of aliphatic carboxylic acids is 1. The molecular formula is C12H12ClN3O3S. The summed E-state index contributed by atoms with van der Waals surface area (Å²) in [5.74, 6) is -0.951. The van der Waals surface area contributed by atoms with Crippen LogP contribution < -0.4 is 10.6 Å². The minimum absolute atomic E-state index is 0.0939. The van der Waals surface area contributed by atoms with Crippen LogP contribution in [0.15, 0.2) is 18.2 Å². The molecule has 0 saturated carbocycles. The fourth-order valence-corrected chi connectivity index (χ4v) is 2.58. The van der Waals surface area contributed by atoms with Crippen LogP contribution in [0.3, 0.4) is 0 Å². The van der Waals surface area contributed by atoms with Crippen molar-refractivity contribution in [3.63, 3.8) is 0 Å². The van der Waals surface area contributed by atoms with Crippen molar-refractivity contribution in [1.82, 2.24) is 15.6 Å². The Bertz CT molecular complexity index is 644. The van der Waals surface area contributed by atoms with Gasteiger partial charge < -0.3 is 15.7 Å². The van der Waals surface area contributed by atoms with Crippen LogP contribution in [0.5, 0.6) is 0 Å². The molecule has 6 nitrogen and oxygen atoms in total. The van der Waals surface area contributed by atoms with Crippen molar-refractivity contribution in [1.29, 1.82) is 0 Å². The number of amides is 2. The molecule has 0 atom stereocenters. The Hall–Kier alpha value is -1.86. The van der Waals surface area contributed by atoms with Crippen LogP contribution in [0.2, 0.25) is 5.02 Å². The van der Waals surface area contributed by atoms with E-state index in [0.717, 1.165) is 15.2 Å². The average Bonchev–Trinajstić information content (AvgIpc) is 2.77. The highest BCUT2D eigenvalue weighted by Gasteiger charge is 2.06. The van der Waals surface area contributed by atoms with Crippen molar-refractivity contribution >= 4 is 45.2 Å². The number of carboxylic acids is 1. The largest absolute Gasteiger partial charge is 0.481 e. The van der Waals surface area contributed by atoms with E-state index in [2.05, 4.69) is 15.6 Å². The Morgan fingerprint density at radius 1 is 1.35 bits per heavy atom. The maximum atomic E-state index is 11.4. The zero-order chi connectivity index (χ0) is 14.5. The molecule has 0 saturated heterocycles. The summed E-state index contributed by atoms with van der Waals surface area (Å²) in [6.45, 7) is 0.381. The molecule has 0 aliphatic heterocycles. The van der Waals surface area contributed by atoms with Crippen LogP contribution in [-0.2, 0) is 11.3 Å². The van der Waals surface area contributed by atoms with Gasteiger partial charge in [-0.1, -0.05) is 11.6 Å². The molecule has 0 spiro atoms. The fraction of sp³-hybridized carbons (Fsp3) is 0.250. The number of fused-ring (bicyclic) bond motifs is 1. The first-order chi connectivity index (χ1) is 9.54. The van der Waals surface area contributed by atoms with Crippen LogP contribution in [-0.4, -0.2) is 28.6 Å². The van der Waals surface area contributed by atoms with E-state index in [-0.39, 0.29) is 19.5 Å². The van der Waals surface area contributed by atoms with Gasteiger partial charge >= 0.3 is 12.0 Å². The SMILES string of the molecule is O=C(O)CCNC(=O)NCc1nc2cc(Cl)ccc2s1. The van der Waals surface area contributed by atoms with Crippen molar-refractivity contribution in [2.75, 3.05) is 6.54 Å². The Morgan fingerprint density at radius 2 is 2.15 bits per heavy atom. The predicted octanol–water partition coefficient (Wildman–Crippen LogP) is 2.22. The third-order valence-corrected chi connectivity index (χ3v) is 3.69. The molecule has 0 aliphatic carbocycles. The zero-order valence-corrected chi connectivity index (χ0v) is 11.9. The lowest BCUT2D eigenvalue weighted by molar-refractivity contribution is -0.136. The second-order valence-corrected chi connectivity index (χ2v) is 5.52. The molecule has 2 rings (SSSR count). The highest BCUT2D eigenvalue weighted by atomic mass is 35.5. The number of nitrogens with one attached hydrogen (secondary N) is 2. The molecule has 1 aromatic heterocycles. The first-order valence-electron chi connectivity index (χ1n) is 5.83. The number of urea groups is 1. The number of rotatable bonds is 5. The molecule has 106 valence electrons. The number of carbonyl (C=O) groups excluding carboxylic acids is 1. The first kappa shape index (κ1) is 14.5. The van der Waals surface area contributed by atoms with E-state index in [1.54, 1.807) is 12.1 Å². The number of thiazole rings is 1. The quantitative estimate of drug-likeness (QED) is 0.789. The van der Waals surface area contributed by atoms with Crippen LogP contribution >= 0.6 is 22.9 Å². The average molecular weight is 314 g/mol. The summed E-state index contributed by atoms with van der Waals surface area (Å²) in [7, 11) is 0. The third-order valence-electron chi connectivity index (χ3n) is 2.42. The molecule has 8 heteroatoms. The number of aromatic nitrogens is 1. The van der Waals surface area contributed by atoms with Crippen LogP contribution in [0.25, 0.3) is 10.2 Å². The standard InChI is InChI=1S/C12H12ClN3O3S/c13-7-1-2-9-8(5-7)16-10(20-9)6-15-12(19)14-4-3-11(17)18/h1-2,5H,3-4,6H2,(H,17,18)(H2,14,15,19). The van der Waals surface area contributed by atoms with Gasteiger partial charge in [0.2, 0.25) is 0 Å². The molecule has 0 radical (unpaired) electrons. The van der Waals surface area contributed by atoms with Gasteiger partial charge in [0, 0.05) is 11.6 Å². The number of halogens is 1. The minimum Gasteiger partial charge on any atom is -0.481 e. The number of carbonyl (C=O) groups is 2. The van der Waals surface area contributed by atoms with Crippen molar-refractivity contribution < 1.29 is 14.7 Å². The summed E-state index contributed by atoms with van der Waals surface area (Å²) in [4.78, 5) is 26.1. The van der Waals surface area contributed by atoms with E-state index in [1.807, 2.05) is 6.07 Å². The predicted molar refractivity (Wildman–Crippen MR) is 77.1 cm³/mol. The van der Waals surface area contributed by atoms with E-state index in [4.69, 9.17) is 16.7 Å². The van der Waals surface area contributed by atoms with Gasteiger partial charge in [-0.2, -0.15) is 0 Å². The van der Waals surface area contributed by atoms with Gasteiger partial charge in [-0.05, 0) is 18.2 Å². The zero-order valence-electron chi connectivity index (χ0n) is 10.4. The lowest BCUT2D eigenvalue weighted by Gasteiger charge is -2.04. The van der Waals surface area contributed by atoms with Gasteiger partial charge in [0.15, 0.2) is 0 Å². The van der Waals surface area contributed by atoms with Gasteiger partial charge in [-0.15, -0.1) is 11.3 Å². The normalized spacial score (nSPS) is 10.4. The molecule has 1 heterocycles. The van der Waals surface area contributed by atoms with Gasteiger partial charge in [-0.3, -0.25) is 4.79 Å². The Labute approximate surface area is 123 Å². The molecule has 0 fully saturated rings. The molecule has 20 heavy (non-hydrogen) atoms.